The molecule has 0 fully saturated rings. The van der Waals surface area contributed by atoms with Gasteiger partial charge in [0.2, 0.25) is 10.0 Å². The van der Waals surface area contributed by atoms with Crippen molar-refractivity contribution < 1.29 is 12.8 Å². The van der Waals surface area contributed by atoms with E-state index in [2.05, 4.69) is 4.72 Å². The van der Waals surface area contributed by atoms with Crippen molar-refractivity contribution in [2.45, 2.75) is 10.6 Å². The molecule has 0 aliphatic rings. The van der Waals surface area contributed by atoms with Crippen LogP contribution in [0.5, 0.6) is 0 Å². The van der Waals surface area contributed by atoms with Gasteiger partial charge in [-0.1, -0.05) is 12.1 Å². The largest absolute Gasteiger partial charge is 0.250 e. The molecular formula is C13H11FN2O2S2. The fourth-order valence-corrected chi connectivity index (χ4v) is 3.76. The number of nitrogens with one attached hydrogen (secondary N) is 1. The minimum absolute atomic E-state index is 0.119. The van der Waals surface area contributed by atoms with Crippen LogP contribution in [0.1, 0.15) is 10.4 Å². The smallest absolute Gasteiger partial charge is 0.210 e. The fraction of sp³-hybridized carbons (Fsp3) is 0.154. The Labute approximate surface area is 120 Å². The second-order valence-electron chi connectivity index (χ2n) is 4.00. The van der Waals surface area contributed by atoms with Crippen molar-refractivity contribution in [3.63, 3.8) is 0 Å². The Morgan fingerprint density at radius 3 is 2.50 bits per heavy atom. The summed E-state index contributed by atoms with van der Waals surface area (Å²) in [6.07, 6.45) is 0.468. The molecule has 2 rings (SSSR count). The average Bonchev–Trinajstić information content (AvgIpc) is 2.90. The maximum absolute atomic E-state index is 12.7. The number of benzene rings is 1. The zero-order chi connectivity index (χ0) is 14.6. The Morgan fingerprint density at radius 1 is 1.20 bits per heavy atom. The molecule has 0 aliphatic carbocycles. The molecule has 1 heterocycles. The average molecular weight is 310 g/mol. The molecule has 104 valence electrons. The van der Waals surface area contributed by atoms with Gasteiger partial charge in [-0.15, -0.1) is 11.3 Å². The van der Waals surface area contributed by atoms with E-state index >= 15 is 0 Å². The number of halogens is 1. The highest BCUT2D eigenvalue weighted by Gasteiger charge is 2.16. The van der Waals surface area contributed by atoms with Crippen LogP contribution in [0.2, 0.25) is 0 Å². The van der Waals surface area contributed by atoms with Crippen molar-refractivity contribution in [3.05, 3.63) is 52.7 Å². The third-order valence-corrected chi connectivity index (χ3v) is 5.52. The third kappa shape index (κ3) is 3.63. The molecule has 0 bridgehead atoms. The van der Waals surface area contributed by atoms with Crippen LogP contribution in [-0.4, -0.2) is 15.0 Å². The van der Waals surface area contributed by atoms with Gasteiger partial charge in [-0.25, -0.2) is 17.5 Å². The second kappa shape index (κ2) is 6.13. The molecule has 20 heavy (non-hydrogen) atoms. The first-order valence-corrected chi connectivity index (χ1v) is 8.05. The first-order valence-electron chi connectivity index (χ1n) is 5.75. The maximum Gasteiger partial charge on any atom is 0.250 e. The summed E-state index contributed by atoms with van der Waals surface area (Å²) in [6, 6.07) is 10.7. The van der Waals surface area contributed by atoms with Gasteiger partial charge in [0.05, 0.1) is 0 Å². The van der Waals surface area contributed by atoms with Crippen molar-refractivity contribution in [2.24, 2.45) is 0 Å². The van der Waals surface area contributed by atoms with Crippen LogP contribution in [0.3, 0.4) is 0 Å². The molecule has 0 aliphatic heterocycles. The fourth-order valence-electron chi connectivity index (χ4n) is 1.58. The number of nitriles is 1. The lowest BCUT2D eigenvalue weighted by atomic mass is 10.1. The lowest BCUT2D eigenvalue weighted by Crippen LogP contribution is -2.25. The van der Waals surface area contributed by atoms with E-state index < -0.39 is 10.0 Å². The lowest BCUT2D eigenvalue weighted by molar-refractivity contribution is 0.583. The van der Waals surface area contributed by atoms with E-state index in [1.807, 2.05) is 6.07 Å². The van der Waals surface area contributed by atoms with Crippen molar-refractivity contribution in [1.29, 1.82) is 5.26 Å². The van der Waals surface area contributed by atoms with Crippen LogP contribution in [0, 0.1) is 17.1 Å². The summed E-state index contributed by atoms with van der Waals surface area (Å²) in [5.41, 5.74) is 0.845. The molecule has 1 aromatic heterocycles. The second-order valence-corrected chi connectivity index (χ2v) is 7.08. The minimum Gasteiger partial charge on any atom is -0.210 e. The van der Waals surface area contributed by atoms with Crippen molar-refractivity contribution in [3.8, 4) is 6.07 Å². The Bertz CT molecular complexity index is 730. The van der Waals surface area contributed by atoms with Crippen LogP contribution in [-0.2, 0) is 16.4 Å². The molecule has 0 saturated carbocycles. The highest BCUT2D eigenvalue weighted by atomic mass is 32.2. The monoisotopic (exact) mass is 310 g/mol. The number of hydrogen-bond donors (Lipinski definition) is 1. The molecule has 0 radical (unpaired) electrons. The summed E-state index contributed by atoms with van der Waals surface area (Å²) in [4.78, 5) is 0.351. The van der Waals surface area contributed by atoms with Crippen LogP contribution < -0.4 is 4.72 Å². The SMILES string of the molecule is N#Cc1ccc(S(=O)(=O)NCCc2ccc(F)cc2)s1. The molecule has 4 nitrogen and oxygen atoms in total. The Hall–Kier alpha value is -1.75. The molecule has 7 heteroatoms. The van der Waals surface area contributed by atoms with E-state index in [-0.39, 0.29) is 16.6 Å². The Kier molecular flexibility index (Phi) is 4.49. The zero-order valence-corrected chi connectivity index (χ0v) is 12.0. The predicted molar refractivity (Wildman–Crippen MR) is 74.3 cm³/mol. The quantitative estimate of drug-likeness (QED) is 0.921. The number of hydrogen-bond acceptors (Lipinski definition) is 4. The summed E-state index contributed by atoms with van der Waals surface area (Å²) >= 11 is 0.927. The van der Waals surface area contributed by atoms with Gasteiger partial charge in [0.15, 0.2) is 0 Å². The van der Waals surface area contributed by atoms with E-state index in [1.165, 1.54) is 24.3 Å². The molecule has 1 N–H and O–H groups in total. The summed E-state index contributed by atoms with van der Waals surface area (Å²) in [7, 11) is -3.58. The van der Waals surface area contributed by atoms with Gasteiger partial charge in [-0.05, 0) is 36.2 Å². The van der Waals surface area contributed by atoms with Crippen molar-refractivity contribution in [2.75, 3.05) is 6.54 Å². The summed E-state index contributed by atoms with van der Waals surface area (Å²) in [5.74, 6) is -0.322. The van der Waals surface area contributed by atoms with E-state index in [0.717, 1.165) is 16.9 Å². The number of sulfonamides is 1. The molecule has 0 amide bonds. The molecular weight excluding hydrogens is 299 g/mol. The van der Waals surface area contributed by atoms with E-state index in [1.54, 1.807) is 12.1 Å². The highest BCUT2D eigenvalue weighted by Crippen LogP contribution is 2.20. The minimum atomic E-state index is -3.58. The molecule has 0 spiro atoms. The summed E-state index contributed by atoms with van der Waals surface area (Å²) in [5, 5.41) is 8.68. The third-order valence-electron chi connectivity index (χ3n) is 2.58. The topological polar surface area (TPSA) is 70.0 Å². The van der Waals surface area contributed by atoms with Crippen LogP contribution in [0.25, 0.3) is 0 Å². The van der Waals surface area contributed by atoms with Gasteiger partial charge in [-0.3, -0.25) is 0 Å². The Balaban J connectivity index is 1.96. The molecule has 0 unspecified atom stereocenters. The van der Waals surface area contributed by atoms with Gasteiger partial charge < -0.3 is 0 Å². The van der Waals surface area contributed by atoms with Crippen LogP contribution in [0.15, 0.2) is 40.6 Å². The first kappa shape index (κ1) is 14.7. The molecule has 2 aromatic rings. The van der Waals surface area contributed by atoms with E-state index in [9.17, 15) is 12.8 Å². The van der Waals surface area contributed by atoms with Crippen LogP contribution >= 0.6 is 11.3 Å². The molecule has 1 aromatic carbocycles. The molecule has 0 saturated heterocycles. The normalized spacial score (nSPS) is 11.2. The van der Waals surface area contributed by atoms with Crippen molar-refractivity contribution in [1.82, 2.24) is 4.72 Å². The number of rotatable bonds is 5. The zero-order valence-electron chi connectivity index (χ0n) is 10.3. The van der Waals surface area contributed by atoms with Crippen molar-refractivity contribution >= 4 is 21.4 Å². The van der Waals surface area contributed by atoms with E-state index in [0.29, 0.717) is 11.3 Å². The van der Waals surface area contributed by atoms with Gasteiger partial charge in [0.1, 0.15) is 21.0 Å². The highest BCUT2D eigenvalue weighted by molar-refractivity contribution is 7.91. The lowest BCUT2D eigenvalue weighted by Gasteiger charge is -2.04. The summed E-state index contributed by atoms with van der Waals surface area (Å²) < 4.78 is 39.2. The van der Waals surface area contributed by atoms with Gasteiger partial charge in [0, 0.05) is 6.54 Å². The maximum atomic E-state index is 12.7. The predicted octanol–water partition coefficient (Wildman–Crippen LogP) is 2.28. The number of nitrogens with zero attached hydrogens (tertiary/aromatic N) is 1. The van der Waals surface area contributed by atoms with Gasteiger partial charge in [0.25, 0.3) is 0 Å². The Morgan fingerprint density at radius 2 is 1.90 bits per heavy atom. The van der Waals surface area contributed by atoms with E-state index in [4.69, 9.17) is 5.26 Å². The molecule has 0 atom stereocenters. The summed E-state index contributed by atoms with van der Waals surface area (Å²) in [6.45, 7) is 0.216. The first-order chi connectivity index (χ1) is 9.51. The van der Waals surface area contributed by atoms with Crippen LogP contribution in [0.4, 0.5) is 4.39 Å². The number of thiophene rings is 1. The standard InChI is InChI=1S/C13H11FN2O2S2/c14-11-3-1-10(2-4-11)7-8-16-20(17,18)13-6-5-12(9-15)19-13/h1-6,16H,7-8H2. The van der Waals surface area contributed by atoms with Gasteiger partial charge in [-0.2, -0.15) is 5.26 Å². The van der Waals surface area contributed by atoms with Gasteiger partial charge >= 0.3 is 0 Å².